The van der Waals surface area contributed by atoms with Gasteiger partial charge in [-0.3, -0.25) is 10.1 Å². The number of amides is 2. The van der Waals surface area contributed by atoms with Crippen LogP contribution in [-0.2, 0) is 16.1 Å². The van der Waals surface area contributed by atoms with Gasteiger partial charge < -0.3 is 13.9 Å². The molecule has 7 heteroatoms. The SMILES string of the molecule is Cc1oc(-c2ccccc2)nc1COc1ccc(/C=C/C=C2\OC(=O)NC2=O)cc1. The molecule has 0 atom stereocenters. The fraction of sp³-hybridized carbons (Fsp3) is 0.0870. The van der Waals surface area contributed by atoms with Crippen LogP contribution in [-0.4, -0.2) is 17.0 Å². The van der Waals surface area contributed by atoms with E-state index in [1.807, 2.05) is 66.8 Å². The molecule has 0 aliphatic carbocycles. The maximum absolute atomic E-state index is 11.4. The molecule has 0 radical (unpaired) electrons. The van der Waals surface area contributed by atoms with Crippen LogP contribution in [0.5, 0.6) is 5.75 Å². The largest absolute Gasteiger partial charge is 0.487 e. The molecule has 1 N–H and O–H groups in total. The van der Waals surface area contributed by atoms with Gasteiger partial charge in [0.05, 0.1) is 0 Å². The molecule has 1 fully saturated rings. The Labute approximate surface area is 172 Å². The van der Waals surface area contributed by atoms with E-state index in [1.54, 1.807) is 12.2 Å². The predicted molar refractivity (Wildman–Crippen MR) is 109 cm³/mol. The Morgan fingerprint density at radius 2 is 1.83 bits per heavy atom. The summed E-state index contributed by atoms with van der Waals surface area (Å²) in [7, 11) is 0. The van der Waals surface area contributed by atoms with Crippen molar-refractivity contribution in [2.24, 2.45) is 0 Å². The van der Waals surface area contributed by atoms with Crippen LogP contribution < -0.4 is 10.1 Å². The second-order valence-corrected chi connectivity index (χ2v) is 6.48. The number of aryl methyl sites for hydroxylation is 1. The summed E-state index contributed by atoms with van der Waals surface area (Å²) in [5.41, 5.74) is 2.56. The van der Waals surface area contributed by atoms with E-state index in [0.717, 1.165) is 22.6 Å². The number of ether oxygens (including phenoxy) is 2. The van der Waals surface area contributed by atoms with Crippen LogP contribution >= 0.6 is 0 Å². The van der Waals surface area contributed by atoms with Gasteiger partial charge in [-0.1, -0.05) is 42.5 Å². The summed E-state index contributed by atoms with van der Waals surface area (Å²) in [6.07, 6.45) is 4.08. The van der Waals surface area contributed by atoms with Gasteiger partial charge in [-0.25, -0.2) is 9.78 Å². The third-order valence-electron chi connectivity index (χ3n) is 4.35. The number of rotatable bonds is 6. The minimum absolute atomic E-state index is 0.0333. The zero-order chi connectivity index (χ0) is 20.9. The van der Waals surface area contributed by atoms with E-state index >= 15 is 0 Å². The summed E-state index contributed by atoms with van der Waals surface area (Å²) in [6, 6.07) is 17.1. The normalized spacial score (nSPS) is 14.9. The average molecular weight is 402 g/mol. The van der Waals surface area contributed by atoms with E-state index in [0.29, 0.717) is 18.2 Å². The highest BCUT2D eigenvalue weighted by molar-refractivity contribution is 6.07. The quantitative estimate of drug-likeness (QED) is 0.615. The first-order valence-corrected chi connectivity index (χ1v) is 9.24. The number of carbonyl (C=O) groups excluding carboxylic acids is 2. The van der Waals surface area contributed by atoms with E-state index < -0.39 is 12.0 Å². The molecule has 2 amide bonds. The number of allylic oxidation sites excluding steroid dienone is 2. The van der Waals surface area contributed by atoms with Gasteiger partial charge in [-0.2, -0.15) is 0 Å². The molecule has 0 unspecified atom stereocenters. The number of benzene rings is 2. The fourth-order valence-electron chi connectivity index (χ4n) is 2.78. The van der Waals surface area contributed by atoms with E-state index in [-0.39, 0.29) is 5.76 Å². The van der Waals surface area contributed by atoms with Crippen LogP contribution in [0.1, 0.15) is 17.0 Å². The smallest absolute Gasteiger partial charge is 0.419 e. The molecule has 4 rings (SSSR count). The van der Waals surface area contributed by atoms with Gasteiger partial charge in [-0.15, -0.1) is 0 Å². The molecule has 2 aromatic carbocycles. The number of hydrogen-bond donors (Lipinski definition) is 1. The summed E-state index contributed by atoms with van der Waals surface area (Å²) in [4.78, 5) is 26.9. The third kappa shape index (κ3) is 4.47. The van der Waals surface area contributed by atoms with Crippen LogP contribution in [0, 0.1) is 6.92 Å². The summed E-state index contributed by atoms with van der Waals surface area (Å²) in [6.45, 7) is 2.16. The van der Waals surface area contributed by atoms with Crippen LogP contribution in [0.3, 0.4) is 0 Å². The van der Waals surface area contributed by atoms with Crippen LogP contribution in [0.4, 0.5) is 4.79 Å². The van der Waals surface area contributed by atoms with Crippen molar-refractivity contribution in [3.05, 3.63) is 89.5 Å². The van der Waals surface area contributed by atoms with Gasteiger partial charge in [0.1, 0.15) is 23.8 Å². The van der Waals surface area contributed by atoms with E-state index in [4.69, 9.17) is 13.9 Å². The van der Waals surface area contributed by atoms with Gasteiger partial charge in [0.2, 0.25) is 5.89 Å². The van der Waals surface area contributed by atoms with Gasteiger partial charge in [0.15, 0.2) is 5.76 Å². The van der Waals surface area contributed by atoms with Crippen LogP contribution in [0.25, 0.3) is 17.5 Å². The third-order valence-corrected chi connectivity index (χ3v) is 4.35. The van der Waals surface area contributed by atoms with Crippen molar-refractivity contribution < 1.29 is 23.5 Å². The second-order valence-electron chi connectivity index (χ2n) is 6.48. The lowest BCUT2D eigenvalue weighted by Crippen LogP contribution is -2.18. The Morgan fingerprint density at radius 1 is 1.07 bits per heavy atom. The topological polar surface area (TPSA) is 90.7 Å². The number of nitrogens with zero attached hydrogens (tertiary/aromatic N) is 1. The Balaban J connectivity index is 1.36. The summed E-state index contributed by atoms with van der Waals surface area (Å²) in [5, 5.41) is 2.03. The predicted octanol–water partition coefficient (Wildman–Crippen LogP) is 4.39. The highest BCUT2D eigenvalue weighted by atomic mass is 16.6. The maximum atomic E-state index is 11.4. The number of cyclic esters (lactones) is 1. The lowest BCUT2D eigenvalue weighted by Gasteiger charge is -2.04. The van der Waals surface area contributed by atoms with Crippen molar-refractivity contribution >= 4 is 18.1 Å². The van der Waals surface area contributed by atoms with Crippen molar-refractivity contribution in [1.29, 1.82) is 0 Å². The maximum Gasteiger partial charge on any atom is 0.419 e. The van der Waals surface area contributed by atoms with Crippen molar-refractivity contribution in [3.63, 3.8) is 0 Å². The average Bonchev–Trinajstić information content (AvgIpc) is 3.29. The molecule has 2 heterocycles. The lowest BCUT2D eigenvalue weighted by molar-refractivity contribution is -0.116. The molecular formula is C23H18N2O5. The minimum Gasteiger partial charge on any atom is -0.487 e. The summed E-state index contributed by atoms with van der Waals surface area (Å²) in [5.74, 6) is 1.40. The number of imide groups is 1. The second kappa shape index (κ2) is 8.48. The first-order chi connectivity index (χ1) is 14.6. The van der Waals surface area contributed by atoms with Crippen molar-refractivity contribution in [3.8, 4) is 17.2 Å². The van der Waals surface area contributed by atoms with Gasteiger partial charge >= 0.3 is 6.09 Å². The molecule has 30 heavy (non-hydrogen) atoms. The highest BCUT2D eigenvalue weighted by Gasteiger charge is 2.25. The number of alkyl carbamates (subject to hydrolysis) is 1. The van der Waals surface area contributed by atoms with Crippen molar-refractivity contribution in [2.45, 2.75) is 13.5 Å². The van der Waals surface area contributed by atoms with Crippen molar-refractivity contribution in [1.82, 2.24) is 10.3 Å². The number of carbonyl (C=O) groups is 2. The van der Waals surface area contributed by atoms with Crippen LogP contribution in [0.2, 0.25) is 0 Å². The summed E-state index contributed by atoms with van der Waals surface area (Å²) < 4.78 is 16.3. The van der Waals surface area contributed by atoms with Crippen molar-refractivity contribution in [2.75, 3.05) is 0 Å². The van der Waals surface area contributed by atoms with E-state index in [1.165, 1.54) is 6.08 Å². The van der Waals surface area contributed by atoms with Crippen LogP contribution in [0.15, 0.2) is 76.9 Å². The molecule has 7 nitrogen and oxygen atoms in total. The monoisotopic (exact) mass is 402 g/mol. The van der Waals surface area contributed by atoms with Gasteiger partial charge in [-0.05, 0) is 42.8 Å². The lowest BCUT2D eigenvalue weighted by atomic mass is 10.2. The molecular weight excluding hydrogens is 384 g/mol. The molecule has 1 aromatic heterocycles. The zero-order valence-electron chi connectivity index (χ0n) is 16.1. The number of hydrogen-bond acceptors (Lipinski definition) is 6. The Morgan fingerprint density at radius 3 is 2.53 bits per heavy atom. The first-order valence-electron chi connectivity index (χ1n) is 9.24. The highest BCUT2D eigenvalue weighted by Crippen LogP contribution is 2.23. The number of aromatic nitrogens is 1. The standard InChI is InChI=1S/C23H18N2O5/c1-15-19(24-22(29-15)17-7-3-2-4-8-17)14-28-18-12-10-16(11-13-18)6-5-9-20-21(26)25-23(27)30-20/h2-13H,14H2,1H3,(H,25,26,27)/b6-5+,20-9-. The molecule has 1 saturated heterocycles. The Kier molecular flexibility index (Phi) is 5.43. The molecule has 0 bridgehead atoms. The zero-order valence-corrected chi connectivity index (χ0v) is 16.1. The molecule has 150 valence electrons. The number of oxazole rings is 1. The Bertz CT molecular complexity index is 1130. The molecule has 0 saturated carbocycles. The minimum atomic E-state index is -0.764. The van der Waals surface area contributed by atoms with E-state index in [2.05, 4.69) is 4.98 Å². The first kappa shape index (κ1) is 19.2. The molecule has 1 aliphatic heterocycles. The molecule has 0 spiro atoms. The Hall–Kier alpha value is -4.13. The molecule has 3 aromatic rings. The van der Waals surface area contributed by atoms with Gasteiger partial charge in [0.25, 0.3) is 5.91 Å². The van der Waals surface area contributed by atoms with E-state index in [9.17, 15) is 9.59 Å². The summed E-state index contributed by atoms with van der Waals surface area (Å²) >= 11 is 0. The molecule has 1 aliphatic rings. The van der Waals surface area contributed by atoms with Gasteiger partial charge in [0, 0.05) is 5.56 Å². The number of nitrogens with one attached hydrogen (secondary N) is 1. The fourth-order valence-corrected chi connectivity index (χ4v) is 2.78.